The lowest BCUT2D eigenvalue weighted by Gasteiger charge is -2.26. The maximum Gasteiger partial charge on any atom is 0.336 e. The molecule has 5 aromatic rings. The lowest BCUT2D eigenvalue weighted by Crippen LogP contribution is -2.07. The Balaban J connectivity index is 2.10. The van der Waals surface area contributed by atoms with Crippen molar-refractivity contribution in [2.45, 2.75) is 0 Å². The first-order valence-corrected chi connectivity index (χ1v) is 29.4. The second-order valence-corrected chi connectivity index (χ2v) is 26.1. The van der Waals surface area contributed by atoms with Crippen LogP contribution in [0.2, 0.25) is 0 Å². The molecule has 5 rings (SSSR count). The van der Waals surface area contributed by atoms with Crippen LogP contribution in [0.3, 0.4) is 0 Å². The molecule has 0 radical (unpaired) electrons. The summed E-state index contributed by atoms with van der Waals surface area (Å²) in [4.78, 5) is 13.6. The van der Waals surface area contributed by atoms with Crippen LogP contribution in [0.25, 0.3) is 11.1 Å². The van der Waals surface area contributed by atoms with E-state index in [0.717, 1.165) is 0 Å². The minimum atomic E-state index is -1.31. The molecule has 0 atom stereocenters. The van der Waals surface area contributed by atoms with E-state index >= 15 is 0 Å². The van der Waals surface area contributed by atoms with Gasteiger partial charge in [-0.15, -0.1) is 0 Å². The number of aromatic carboxylic acids is 1. The monoisotopic (exact) mass is 2030 g/mol. The lowest BCUT2D eigenvalue weighted by atomic mass is 9.97. The fourth-order valence-electron chi connectivity index (χ4n) is 4.46. The van der Waals surface area contributed by atoms with Crippen LogP contribution in [-0.2, 0) is 0 Å². The number of ether oxygens (including phenoxy) is 3. The highest BCUT2D eigenvalue weighted by atomic mass is 79.9. The third-order valence-electron chi connectivity index (χ3n) is 7.02. The van der Waals surface area contributed by atoms with Crippen molar-refractivity contribution in [3.63, 3.8) is 0 Å². The number of rotatable bonds is 8. The second kappa shape index (κ2) is 21.0. The van der Waals surface area contributed by atoms with Crippen LogP contribution < -0.4 is 14.2 Å². The van der Waals surface area contributed by atoms with Crippen molar-refractivity contribution in [3.05, 3.63) is 101 Å². The molecule has 0 heterocycles. The molecule has 0 saturated carbocycles. The van der Waals surface area contributed by atoms with Gasteiger partial charge < -0.3 is 19.3 Å². The summed E-state index contributed by atoms with van der Waals surface area (Å²) in [5.74, 6) is -0.703. The molecule has 296 valence electrons. The lowest BCUT2D eigenvalue weighted by molar-refractivity contribution is 0.0697. The Kier molecular flexibility index (Phi) is 19.4. The molecule has 0 unspecified atom stereocenters. The molecule has 0 bridgehead atoms. The largest absolute Gasteiger partial charge is 0.478 e. The average molecular weight is 2050 g/mol. The summed E-state index contributed by atoms with van der Waals surface area (Å²) in [6, 6.07) is 1.37. The minimum Gasteiger partial charge on any atom is -0.478 e. The quantitative estimate of drug-likeness (QED) is 0.124. The molecule has 56 heavy (non-hydrogen) atoms. The summed E-state index contributed by atoms with van der Waals surface area (Å²) < 4.78 is 32.0. The number of carboxylic acids is 1. The Morgan fingerprint density at radius 3 is 0.875 bits per heavy atom. The van der Waals surface area contributed by atoms with Crippen molar-refractivity contribution >= 4 is 325 Å². The molecule has 0 fully saturated rings. The van der Waals surface area contributed by atoms with E-state index in [0.29, 0.717) is 95.0 Å². The SMILES string of the molecule is O=C(O)c1cc(Oc2c(Br)c(Br)c(Br)c(Br)c2Br)c(Oc2c(Br)c(Br)c(Br)c(Br)c2Br)c(Oc2c(Br)c(Br)c(Br)c(Br)c2Br)c1-c1c(Br)c(Br)c(Br)c(Br)c1Br. The third-order valence-corrected chi connectivity index (χ3v) is 31.2. The summed E-state index contributed by atoms with van der Waals surface area (Å²) >= 11 is 72.9. The van der Waals surface area contributed by atoms with E-state index in [4.69, 9.17) is 14.2 Å². The third kappa shape index (κ3) is 9.82. The van der Waals surface area contributed by atoms with Gasteiger partial charge in [-0.05, 0) is 319 Å². The van der Waals surface area contributed by atoms with Crippen LogP contribution in [0.5, 0.6) is 34.5 Å². The number of halogens is 20. The molecule has 0 aliphatic heterocycles. The van der Waals surface area contributed by atoms with Gasteiger partial charge >= 0.3 is 5.97 Å². The van der Waals surface area contributed by atoms with Gasteiger partial charge in [-0.2, -0.15) is 0 Å². The summed E-state index contributed by atoms with van der Waals surface area (Å²) in [6.45, 7) is 0. The first-order valence-electron chi connectivity index (χ1n) is 13.5. The van der Waals surface area contributed by atoms with Gasteiger partial charge in [0.15, 0.2) is 28.7 Å². The Morgan fingerprint density at radius 1 is 0.321 bits per heavy atom. The van der Waals surface area contributed by atoms with Crippen molar-refractivity contribution < 1.29 is 24.1 Å². The molecule has 25 heteroatoms. The Labute approximate surface area is 486 Å². The number of carboxylic acid groups (broad SMARTS) is 1. The van der Waals surface area contributed by atoms with Gasteiger partial charge in [0.1, 0.15) is 0 Å². The van der Waals surface area contributed by atoms with Crippen LogP contribution in [0.1, 0.15) is 10.4 Å². The predicted octanol–water partition coefficient (Wildman–Crippen LogP) is 23.7. The minimum absolute atomic E-state index is 0.0376. The van der Waals surface area contributed by atoms with E-state index in [1.54, 1.807) is 0 Å². The van der Waals surface area contributed by atoms with Gasteiger partial charge in [0.05, 0.1) is 59.2 Å². The van der Waals surface area contributed by atoms with E-state index in [1.807, 2.05) is 0 Å². The maximum atomic E-state index is 13.6. The molecule has 5 nitrogen and oxygen atoms in total. The topological polar surface area (TPSA) is 65.0 Å². The van der Waals surface area contributed by atoms with Crippen LogP contribution >= 0.6 is 319 Å². The summed E-state index contributed by atoms with van der Waals surface area (Å²) in [5, 5.41) is 11.1. The van der Waals surface area contributed by atoms with Crippen molar-refractivity contribution in [3.8, 4) is 45.6 Å². The molecular weight excluding hydrogens is 2050 g/mol. The van der Waals surface area contributed by atoms with Crippen LogP contribution in [0, 0.1) is 0 Å². The smallest absolute Gasteiger partial charge is 0.336 e. The van der Waals surface area contributed by atoms with E-state index in [-0.39, 0.29) is 45.6 Å². The van der Waals surface area contributed by atoms with Gasteiger partial charge in [0, 0.05) is 53.0 Å². The molecule has 0 aromatic heterocycles. The van der Waals surface area contributed by atoms with E-state index in [1.165, 1.54) is 6.07 Å². The fourth-order valence-corrected chi connectivity index (χ4v) is 17.4. The van der Waals surface area contributed by atoms with Crippen molar-refractivity contribution in [2.75, 3.05) is 0 Å². The summed E-state index contributed by atoms with van der Waals surface area (Å²) in [6.07, 6.45) is 0. The van der Waals surface area contributed by atoms with Crippen LogP contribution in [0.15, 0.2) is 95.5 Å². The van der Waals surface area contributed by atoms with Gasteiger partial charge in [0.2, 0.25) is 5.75 Å². The number of hydrogen-bond donors (Lipinski definition) is 1. The molecule has 0 spiro atoms. The molecule has 0 aliphatic carbocycles. The van der Waals surface area contributed by atoms with E-state index < -0.39 is 5.97 Å². The standard InChI is InChI=1S/C31H2Br20O5/c32-6-5(7(33)9(35)10(36)8(6)34)4-2(31(52)53)1-3(54-28-20(46)14(40)11(37)15(41)21(28)47)26(55-29-22(48)16(42)12(38)17(43)23(29)49)27(4)56-30-24(50)18(44)13(39)19(45)25(30)51/h1H,(H,52,53). The molecule has 5 aromatic carbocycles. The fraction of sp³-hybridized carbons (Fsp3) is 0. The zero-order chi connectivity index (χ0) is 42.1. The Bertz CT molecular complexity index is 2440. The molecule has 0 aliphatic rings. The maximum absolute atomic E-state index is 13.6. The number of hydrogen-bond acceptors (Lipinski definition) is 4. The number of carbonyl (C=O) groups is 1. The van der Waals surface area contributed by atoms with Crippen LogP contribution in [0.4, 0.5) is 0 Å². The first-order chi connectivity index (χ1) is 26.0. The average Bonchev–Trinajstić information content (AvgIpc) is 3.17. The van der Waals surface area contributed by atoms with Crippen LogP contribution in [-0.4, -0.2) is 11.1 Å². The predicted molar refractivity (Wildman–Crippen MR) is 292 cm³/mol. The van der Waals surface area contributed by atoms with E-state index in [9.17, 15) is 9.90 Å². The molecule has 1 N–H and O–H groups in total. The first kappa shape index (κ1) is 51.6. The molecule has 0 saturated heterocycles. The van der Waals surface area contributed by atoms with Crippen molar-refractivity contribution in [1.29, 1.82) is 0 Å². The normalized spacial score (nSPS) is 11.4. The zero-order valence-electron chi connectivity index (χ0n) is 25.2. The van der Waals surface area contributed by atoms with Crippen molar-refractivity contribution in [1.82, 2.24) is 0 Å². The Morgan fingerprint density at radius 2 is 0.571 bits per heavy atom. The highest BCUT2D eigenvalue weighted by Gasteiger charge is 2.35. The molecule has 0 amide bonds. The van der Waals surface area contributed by atoms with E-state index in [2.05, 4.69) is 319 Å². The van der Waals surface area contributed by atoms with Gasteiger partial charge in [-0.1, -0.05) is 0 Å². The van der Waals surface area contributed by atoms with Gasteiger partial charge in [-0.25, -0.2) is 4.79 Å². The highest BCUT2D eigenvalue weighted by Crippen LogP contribution is 2.61. The Hall–Kier alpha value is 4.57. The van der Waals surface area contributed by atoms with Gasteiger partial charge in [0.25, 0.3) is 0 Å². The molecular formula is C31H2Br20O5. The van der Waals surface area contributed by atoms with Crippen molar-refractivity contribution in [2.24, 2.45) is 0 Å². The second-order valence-electron chi connectivity index (χ2n) is 10.2. The summed E-state index contributed by atoms with van der Waals surface area (Å²) in [5.41, 5.74) is 0.262. The zero-order valence-corrected chi connectivity index (χ0v) is 56.9. The highest BCUT2D eigenvalue weighted by molar-refractivity contribution is 9.18. The summed E-state index contributed by atoms with van der Waals surface area (Å²) in [7, 11) is 0. The van der Waals surface area contributed by atoms with Gasteiger partial charge in [-0.3, -0.25) is 0 Å². The number of benzene rings is 5.